The molecule has 1 aliphatic heterocycles. The van der Waals surface area contributed by atoms with Crippen LogP contribution in [0, 0.1) is 0 Å². The van der Waals surface area contributed by atoms with Crippen LogP contribution in [0.3, 0.4) is 0 Å². The summed E-state index contributed by atoms with van der Waals surface area (Å²) in [4.78, 5) is 2.52. The van der Waals surface area contributed by atoms with Gasteiger partial charge in [-0.05, 0) is 37.1 Å². The van der Waals surface area contributed by atoms with Crippen LogP contribution < -0.4 is 10.6 Å². The number of hydrogen-bond donors (Lipinski definition) is 1. The third-order valence-corrected chi connectivity index (χ3v) is 3.61. The number of hydrogen-bond acceptors (Lipinski definition) is 2. The zero-order valence-electron chi connectivity index (χ0n) is 10.7. The van der Waals surface area contributed by atoms with Gasteiger partial charge in [0, 0.05) is 24.5 Å². The average Bonchev–Trinajstić information content (AvgIpc) is 2.37. The molecule has 0 aromatic heterocycles. The molecule has 2 heteroatoms. The average molecular weight is 232 g/mol. The first kappa shape index (κ1) is 12.3. The van der Waals surface area contributed by atoms with Gasteiger partial charge in [0.05, 0.1) is 0 Å². The summed E-state index contributed by atoms with van der Waals surface area (Å²) in [5.74, 6) is 0. The molecule has 0 atom stereocenters. The molecule has 0 spiro atoms. The minimum Gasteiger partial charge on any atom is -0.399 e. The maximum Gasteiger partial charge on any atom is 0.0367 e. The van der Waals surface area contributed by atoms with Crippen molar-refractivity contribution in [3.05, 3.63) is 24.3 Å². The Morgan fingerprint density at radius 1 is 0.706 bits per heavy atom. The van der Waals surface area contributed by atoms with Gasteiger partial charge in [-0.2, -0.15) is 0 Å². The van der Waals surface area contributed by atoms with Crippen molar-refractivity contribution in [1.29, 1.82) is 0 Å². The molecule has 0 aliphatic carbocycles. The number of rotatable bonds is 1. The van der Waals surface area contributed by atoms with Crippen LogP contribution in [0.5, 0.6) is 0 Å². The molecule has 1 heterocycles. The van der Waals surface area contributed by atoms with Gasteiger partial charge in [0.15, 0.2) is 0 Å². The minimum absolute atomic E-state index is 0.856. The van der Waals surface area contributed by atoms with Crippen LogP contribution >= 0.6 is 0 Å². The van der Waals surface area contributed by atoms with E-state index in [2.05, 4.69) is 17.0 Å². The Balaban J connectivity index is 1.97. The first-order valence-corrected chi connectivity index (χ1v) is 6.97. The molecule has 17 heavy (non-hydrogen) atoms. The predicted octanol–water partition coefficient (Wildman–Crippen LogP) is 3.82. The van der Waals surface area contributed by atoms with Gasteiger partial charge in [-0.1, -0.05) is 32.1 Å². The Labute approximate surface area is 105 Å². The lowest BCUT2D eigenvalue weighted by atomic mass is 10.1. The van der Waals surface area contributed by atoms with Crippen LogP contribution in [0.4, 0.5) is 11.4 Å². The van der Waals surface area contributed by atoms with Crippen molar-refractivity contribution < 1.29 is 0 Å². The molecule has 1 aliphatic rings. The second kappa shape index (κ2) is 6.53. The molecular formula is C15H24N2. The highest BCUT2D eigenvalue weighted by Crippen LogP contribution is 2.19. The fourth-order valence-corrected chi connectivity index (χ4v) is 2.54. The fourth-order valence-electron chi connectivity index (χ4n) is 2.54. The van der Waals surface area contributed by atoms with E-state index in [0.29, 0.717) is 0 Å². The molecule has 2 N–H and O–H groups in total. The molecule has 2 nitrogen and oxygen atoms in total. The van der Waals surface area contributed by atoms with Crippen LogP contribution in [0.25, 0.3) is 0 Å². The fraction of sp³-hybridized carbons (Fsp3) is 0.600. The van der Waals surface area contributed by atoms with Crippen molar-refractivity contribution >= 4 is 11.4 Å². The topological polar surface area (TPSA) is 29.3 Å². The van der Waals surface area contributed by atoms with Gasteiger partial charge in [0.2, 0.25) is 0 Å². The lowest BCUT2D eigenvalue weighted by Gasteiger charge is -2.26. The summed E-state index contributed by atoms with van der Waals surface area (Å²) in [5, 5.41) is 0. The lowest BCUT2D eigenvalue weighted by Crippen LogP contribution is -2.26. The van der Waals surface area contributed by atoms with Crippen LogP contribution in [-0.4, -0.2) is 13.1 Å². The van der Waals surface area contributed by atoms with Crippen molar-refractivity contribution in [3.8, 4) is 0 Å². The Morgan fingerprint density at radius 3 is 1.71 bits per heavy atom. The quantitative estimate of drug-likeness (QED) is 0.746. The highest BCUT2D eigenvalue weighted by Gasteiger charge is 2.07. The Hall–Kier alpha value is -1.18. The van der Waals surface area contributed by atoms with Gasteiger partial charge in [0.1, 0.15) is 0 Å². The molecule has 1 saturated heterocycles. The van der Waals surface area contributed by atoms with E-state index in [4.69, 9.17) is 5.73 Å². The molecular weight excluding hydrogens is 208 g/mol. The van der Waals surface area contributed by atoms with Gasteiger partial charge >= 0.3 is 0 Å². The standard InChI is InChI=1S/C15H24N2/c16-14-8-10-15(11-9-14)17-12-6-4-2-1-3-5-7-13-17/h8-11H,1-7,12-13,16H2. The number of anilines is 2. The van der Waals surface area contributed by atoms with E-state index in [1.54, 1.807) is 0 Å². The Morgan fingerprint density at radius 2 is 1.18 bits per heavy atom. The number of nitrogen functional groups attached to an aromatic ring is 1. The molecule has 1 fully saturated rings. The van der Waals surface area contributed by atoms with Gasteiger partial charge in [-0.15, -0.1) is 0 Å². The molecule has 94 valence electrons. The summed E-state index contributed by atoms with van der Waals surface area (Å²) < 4.78 is 0. The largest absolute Gasteiger partial charge is 0.399 e. The minimum atomic E-state index is 0.856. The third-order valence-electron chi connectivity index (χ3n) is 3.61. The summed E-state index contributed by atoms with van der Waals surface area (Å²) in [6.07, 6.45) is 9.67. The van der Waals surface area contributed by atoms with E-state index in [-0.39, 0.29) is 0 Å². The summed E-state index contributed by atoms with van der Waals surface area (Å²) in [7, 11) is 0. The van der Waals surface area contributed by atoms with Crippen molar-refractivity contribution in [2.24, 2.45) is 0 Å². The van der Waals surface area contributed by atoms with E-state index in [9.17, 15) is 0 Å². The van der Waals surface area contributed by atoms with Gasteiger partial charge in [-0.3, -0.25) is 0 Å². The molecule has 0 bridgehead atoms. The van der Waals surface area contributed by atoms with Crippen molar-refractivity contribution in [3.63, 3.8) is 0 Å². The summed E-state index contributed by atoms with van der Waals surface area (Å²) in [5.41, 5.74) is 7.93. The highest BCUT2D eigenvalue weighted by atomic mass is 15.1. The number of nitrogens with zero attached hydrogens (tertiary/aromatic N) is 1. The molecule has 1 aromatic carbocycles. The molecule has 0 saturated carbocycles. The molecule has 0 unspecified atom stereocenters. The second-order valence-corrected chi connectivity index (χ2v) is 5.05. The lowest BCUT2D eigenvalue weighted by molar-refractivity contribution is 0.543. The van der Waals surface area contributed by atoms with E-state index < -0.39 is 0 Å². The smallest absolute Gasteiger partial charge is 0.0367 e. The predicted molar refractivity (Wildman–Crippen MR) is 75.4 cm³/mol. The summed E-state index contributed by atoms with van der Waals surface area (Å²) >= 11 is 0. The van der Waals surface area contributed by atoms with Crippen LogP contribution in [0.2, 0.25) is 0 Å². The maximum absolute atomic E-state index is 5.74. The van der Waals surface area contributed by atoms with Crippen molar-refractivity contribution in [1.82, 2.24) is 0 Å². The van der Waals surface area contributed by atoms with Crippen molar-refractivity contribution in [2.45, 2.75) is 44.9 Å². The Kier molecular flexibility index (Phi) is 4.72. The van der Waals surface area contributed by atoms with E-state index in [1.165, 1.54) is 63.7 Å². The zero-order valence-corrected chi connectivity index (χ0v) is 10.7. The first-order valence-electron chi connectivity index (χ1n) is 6.97. The highest BCUT2D eigenvalue weighted by molar-refractivity contribution is 5.53. The van der Waals surface area contributed by atoms with Crippen molar-refractivity contribution in [2.75, 3.05) is 23.7 Å². The summed E-state index contributed by atoms with van der Waals surface area (Å²) in [6.45, 7) is 2.40. The number of benzene rings is 1. The van der Waals surface area contributed by atoms with Gasteiger partial charge in [-0.25, -0.2) is 0 Å². The molecule has 0 radical (unpaired) electrons. The van der Waals surface area contributed by atoms with Crippen LogP contribution in [0.15, 0.2) is 24.3 Å². The van der Waals surface area contributed by atoms with E-state index in [0.717, 1.165) is 5.69 Å². The normalized spacial score (nSPS) is 18.9. The first-order chi connectivity index (χ1) is 8.36. The van der Waals surface area contributed by atoms with E-state index >= 15 is 0 Å². The third kappa shape index (κ3) is 3.95. The molecule has 0 amide bonds. The van der Waals surface area contributed by atoms with Crippen LogP contribution in [0.1, 0.15) is 44.9 Å². The number of nitrogens with two attached hydrogens (primary N) is 1. The molecule has 1 aromatic rings. The zero-order chi connectivity index (χ0) is 11.9. The van der Waals surface area contributed by atoms with Gasteiger partial charge in [0.25, 0.3) is 0 Å². The van der Waals surface area contributed by atoms with Gasteiger partial charge < -0.3 is 10.6 Å². The maximum atomic E-state index is 5.74. The Bertz CT molecular complexity index is 308. The molecule has 2 rings (SSSR count). The summed E-state index contributed by atoms with van der Waals surface area (Å²) in [6, 6.07) is 8.32. The second-order valence-electron chi connectivity index (χ2n) is 5.05. The SMILES string of the molecule is Nc1ccc(N2CCCCCCCCC2)cc1. The van der Waals surface area contributed by atoms with Crippen LogP contribution in [-0.2, 0) is 0 Å². The van der Waals surface area contributed by atoms with E-state index in [1.807, 2.05) is 12.1 Å². The monoisotopic (exact) mass is 232 g/mol.